The maximum atomic E-state index is 10.6. The van der Waals surface area contributed by atoms with E-state index in [1.165, 1.54) is 5.56 Å². The first-order chi connectivity index (χ1) is 19.7. The average molecular weight is 555 g/mol. The Morgan fingerprint density at radius 3 is 2.85 bits per heavy atom. The van der Waals surface area contributed by atoms with Gasteiger partial charge >= 0.3 is 0 Å². The summed E-state index contributed by atoms with van der Waals surface area (Å²) in [4.78, 5) is 11.7. The zero-order chi connectivity index (χ0) is 26.9. The van der Waals surface area contributed by atoms with Crippen molar-refractivity contribution in [2.75, 3.05) is 38.2 Å². The molecule has 5 aromatic rings. The van der Waals surface area contributed by atoms with Gasteiger partial charge in [-0.05, 0) is 29.3 Å². The number of aliphatic hydroxyl groups excluding tert-OH is 1. The van der Waals surface area contributed by atoms with Crippen molar-refractivity contribution in [1.82, 2.24) is 24.6 Å². The van der Waals surface area contributed by atoms with Crippen LogP contribution < -0.4 is 10.1 Å². The van der Waals surface area contributed by atoms with Crippen molar-refractivity contribution in [2.24, 2.45) is 0 Å². The molecule has 0 amide bonds. The summed E-state index contributed by atoms with van der Waals surface area (Å²) in [5, 5.41) is 19.4. The fourth-order valence-electron chi connectivity index (χ4n) is 5.37. The van der Waals surface area contributed by atoms with E-state index < -0.39 is 6.10 Å². The van der Waals surface area contributed by atoms with E-state index in [1.807, 2.05) is 59.5 Å². The first kappa shape index (κ1) is 25.2. The third kappa shape index (κ3) is 5.31. The number of aliphatic hydroxyl groups is 1. The molecule has 0 saturated carbocycles. The molecule has 0 spiro atoms. The lowest BCUT2D eigenvalue weighted by molar-refractivity contribution is 0.0360. The van der Waals surface area contributed by atoms with Crippen molar-refractivity contribution in [3.05, 3.63) is 84.3 Å². The number of rotatable bonds is 8. The molecular formula is C30H30N6O3S. The second-order valence-electron chi connectivity index (χ2n) is 10.2. The van der Waals surface area contributed by atoms with Crippen LogP contribution in [0, 0.1) is 0 Å². The molecule has 0 radical (unpaired) electrons. The maximum Gasteiger partial charge on any atom is 0.184 e. The van der Waals surface area contributed by atoms with Gasteiger partial charge in [0.05, 0.1) is 54.0 Å². The second-order valence-corrected chi connectivity index (χ2v) is 11.2. The highest BCUT2D eigenvalue weighted by molar-refractivity contribution is 7.22. The van der Waals surface area contributed by atoms with Gasteiger partial charge in [0.25, 0.3) is 0 Å². The van der Waals surface area contributed by atoms with Crippen molar-refractivity contribution >= 4 is 26.7 Å². The van der Waals surface area contributed by atoms with E-state index in [9.17, 15) is 5.11 Å². The number of thiazole rings is 1. The molecule has 40 heavy (non-hydrogen) atoms. The number of pyridine rings is 1. The van der Waals surface area contributed by atoms with E-state index in [0.717, 1.165) is 77.3 Å². The molecule has 0 unspecified atom stereocenters. The number of nitrogens with one attached hydrogen (secondary N) is 1. The molecule has 2 atom stereocenters. The van der Waals surface area contributed by atoms with Gasteiger partial charge in [0.2, 0.25) is 0 Å². The van der Waals surface area contributed by atoms with Gasteiger partial charge in [-0.2, -0.15) is 5.10 Å². The van der Waals surface area contributed by atoms with Crippen LogP contribution in [0.3, 0.4) is 0 Å². The number of benzene rings is 2. The van der Waals surface area contributed by atoms with Crippen LogP contribution in [0.25, 0.3) is 21.5 Å². The Labute approximate surface area is 236 Å². The van der Waals surface area contributed by atoms with E-state index in [2.05, 4.69) is 32.4 Å². The normalized spacial score (nSPS) is 19.1. The summed E-state index contributed by atoms with van der Waals surface area (Å²) in [5.74, 6) is 1.44. The molecule has 0 bridgehead atoms. The summed E-state index contributed by atoms with van der Waals surface area (Å²) in [6.07, 6.45) is 5.82. The Morgan fingerprint density at radius 1 is 1.05 bits per heavy atom. The van der Waals surface area contributed by atoms with Gasteiger partial charge in [0, 0.05) is 56.1 Å². The molecule has 204 valence electrons. The minimum atomic E-state index is -0.471. The van der Waals surface area contributed by atoms with Crippen LogP contribution in [0.1, 0.15) is 17.2 Å². The minimum Gasteiger partial charge on any atom is -0.457 e. The number of morpholine rings is 1. The van der Waals surface area contributed by atoms with Gasteiger partial charge < -0.3 is 19.9 Å². The van der Waals surface area contributed by atoms with Crippen molar-refractivity contribution in [3.63, 3.8) is 0 Å². The molecule has 1 aliphatic heterocycles. The number of fused-ring (bicyclic) bond motifs is 2. The Hall–Kier alpha value is -3.83. The summed E-state index contributed by atoms with van der Waals surface area (Å²) in [5.41, 5.74) is 4.98. The SMILES string of the molecule is O[C@H]1Cc2ccccc2[C@H]1Nc1nc2ccc(Oc3ccnc(-c4cnn(CCN5CCOCC5)c4)c3)cc2s1. The molecule has 10 heteroatoms. The van der Waals surface area contributed by atoms with Crippen LogP contribution in [-0.2, 0) is 17.7 Å². The molecule has 1 aliphatic carbocycles. The smallest absolute Gasteiger partial charge is 0.184 e. The zero-order valence-corrected chi connectivity index (χ0v) is 22.8. The number of ether oxygens (including phenoxy) is 2. The van der Waals surface area contributed by atoms with Crippen molar-refractivity contribution in [2.45, 2.75) is 25.1 Å². The summed E-state index contributed by atoms with van der Waals surface area (Å²) in [6.45, 7) is 5.32. The number of anilines is 1. The average Bonchev–Trinajstić information content (AvgIpc) is 3.70. The van der Waals surface area contributed by atoms with E-state index in [-0.39, 0.29) is 6.04 Å². The highest BCUT2D eigenvalue weighted by Gasteiger charge is 2.31. The fraction of sp³-hybridized carbons (Fsp3) is 0.300. The summed E-state index contributed by atoms with van der Waals surface area (Å²) in [7, 11) is 0. The van der Waals surface area contributed by atoms with E-state index in [4.69, 9.17) is 14.5 Å². The van der Waals surface area contributed by atoms with Gasteiger partial charge in [0.1, 0.15) is 11.5 Å². The van der Waals surface area contributed by atoms with Crippen molar-refractivity contribution < 1.29 is 14.6 Å². The summed E-state index contributed by atoms with van der Waals surface area (Å²) < 4.78 is 14.6. The van der Waals surface area contributed by atoms with Crippen LogP contribution in [0.4, 0.5) is 5.13 Å². The Kier molecular flexibility index (Phi) is 6.90. The van der Waals surface area contributed by atoms with Crippen molar-refractivity contribution in [3.8, 4) is 22.8 Å². The third-order valence-corrected chi connectivity index (χ3v) is 8.44. The largest absolute Gasteiger partial charge is 0.457 e. The van der Waals surface area contributed by atoms with E-state index >= 15 is 0 Å². The van der Waals surface area contributed by atoms with Crippen molar-refractivity contribution in [1.29, 1.82) is 0 Å². The maximum absolute atomic E-state index is 10.6. The zero-order valence-electron chi connectivity index (χ0n) is 21.9. The van der Waals surface area contributed by atoms with E-state index in [1.54, 1.807) is 17.5 Å². The first-order valence-electron chi connectivity index (χ1n) is 13.6. The first-order valence-corrected chi connectivity index (χ1v) is 14.4. The predicted octanol–water partition coefficient (Wildman–Crippen LogP) is 4.75. The van der Waals surface area contributed by atoms with Crippen LogP contribution in [0.15, 0.2) is 73.2 Å². The van der Waals surface area contributed by atoms with E-state index in [0.29, 0.717) is 12.2 Å². The van der Waals surface area contributed by atoms with Gasteiger partial charge in [-0.3, -0.25) is 14.6 Å². The third-order valence-electron chi connectivity index (χ3n) is 7.49. The van der Waals surface area contributed by atoms with Gasteiger partial charge in [-0.25, -0.2) is 4.98 Å². The summed E-state index contributed by atoms with van der Waals surface area (Å²) >= 11 is 1.56. The minimum absolute atomic E-state index is 0.161. The predicted molar refractivity (Wildman–Crippen MR) is 155 cm³/mol. The lowest BCUT2D eigenvalue weighted by Crippen LogP contribution is -2.38. The van der Waals surface area contributed by atoms with Crippen LogP contribution in [-0.4, -0.2) is 68.7 Å². The lowest BCUT2D eigenvalue weighted by atomic mass is 10.1. The second kappa shape index (κ2) is 11.0. The molecule has 2 N–H and O–H groups in total. The standard InChI is InChI=1S/C30H30N6O3S/c37-27-15-20-3-1-2-4-24(20)29(27)34-30-33-25-6-5-22(17-28(25)40-30)39-23-7-8-31-26(16-23)21-18-32-36(19-21)10-9-35-11-13-38-14-12-35/h1-8,16-19,27,29,37H,9-15H2,(H,33,34)/t27-,29+/m0/s1. The van der Waals surface area contributed by atoms with Gasteiger partial charge in [0.15, 0.2) is 5.13 Å². The van der Waals surface area contributed by atoms with Crippen LogP contribution in [0.5, 0.6) is 11.5 Å². The molecule has 4 heterocycles. The molecular weight excluding hydrogens is 524 g/mol. The highest BCUT2D eigenvalue weighted by atomic mass is 32.1. The molecule has 2 aromatic carbocycles. The highest BCUT2D eigenvalue weighted by Crippen LogP contribution is 2.37. The molecule has 2 aliphatic rings. The molecule has 1 fully saturated rings. The fourth-order valence-corrected chi connectivity index (χ4v) is 6.30. The molecule has 1 saturated heterocycles. The number of nitrogens with zero attached hydrogens (tertiary/aromatic N) is 5. The Balaban J connectivity index is 1.03. The Morgan fingerprint density at radius 2 is 1.93 bits per heavy atom. The number of hydrogen-bond donors (Lipinski definition) is 2. The monoisotopic (exact) mass is 554 g/mol. The quantitative estimate of drug-likeness (QED) is 0.284. The lowest BCUT2D eigenvalue weighted by Gasteiger charge is -2.26. The topological polar surface area (TPSA) is 97.6 Å². The molecule has 3 aromatic heterocycles. The number of hydrogen-bond acceptors (Lipinski definition) is 9. The summed E-state index contributed by atoms with van der Waals surface area (Å²) in [6, 6.07) is 17.7. The van der Waals surface area contributed by atoms with Crippen LogP contribution >= 0.6 is 11.3 Å². The Bertz CT molecular complexity index is 1630. The van der Waals surface area contributed by atoms with Gasteiger partial charge in [-0.1, -0.05) is 35.6 Å². The number of aromatic nitrogens is 4. The molecule has 9 nitrogen and oxygen atoms in total. The van der Waals surface area contributed by atoms with Crippen LogP contribution in [0.2, 0.25) is 0 Å². The van der Waals surface area contributed by atoms with Gasteiger partial charge in [-0.15, -0.1) is 0 Å². The molecule has 7 rings (SSSR count).